The number of imide groups is 1. The Morgan fingerprint density at radius 1 is 1.40 bits per heavy atom. The van der Waals surface area contributed by atoms with Crippen LogP contribution in [-0.2, 0) is 11.3 Å². The van der Waals surface area contributed by atoms with Crippen LogP contribution in [0.5, 0.6) is 0 Å². The largest absolute Gasteiger partial charge is 0.325 e. The molecule has 3 rings (SSSR count). The molecule has 2 heterocycles. The highest BCUT2D eigenvalue weighted by atomic mass is 79.9. The van der Waals surface area contributed by atoms with Crippen molar-refractivity contribution in [1.29, 1.82) is 0 Å². The van der Waals surface area contributed by atoms with Gasteiger partial charge in [0.25, 0.3) is 5.91 Å². The summed E-state index contributed by atoms with van der Waals surface area (Å²) in [5, 5.41) is 5.83. The minimum absolute atomic E-state index is 0.0603. The van der Waals surface area contributed by atoms with E-state index in [0.29, 0.717) is 29.5 Å². The second-order valence-electron chi connectivity index (χ2n) is 5.07. The minimum atomic E-state index is -0.823. The van der Waals surface area contributed by atoms with Crippen molar-refractivity contribution in [3.8, 4) is 0 Å². The van der Waals surface area contributed by atoms with Crippen LogP contribution in [0, 0.1) is 5.82 Å². The molecule has 0 radical (unpaired) electrons. The second kappa shape index (κ2) is 4.82. The molecule has 3 amide bonds. The maximum absolute atomic E-state index is 13.3. The molecule has 20 heavy (non-hydrogen) atoms. The van der Waals surface area contributed by atoms with Crippen molar-refractivity contribution in [2.24, 2.45) is 0 Å². The van der Waals surface area contributed by atoms with Crippen molar-refractivity contribution < 1.29 is 14.0 Å². The molecular formula is C13H13BrFN3O2. The Balaban J connectivity index is 1.86. The molecule has 0 saturated carbocycles. The molecule has 2 aliphatic heterocycles. The lowest BCUT2D eigenvalue weighted by atomic mass is 9.99. The first kappa shape index (κ1) is 13.5. The van der Waals surface area contributed by atoms with Gasteiger partial charge >= 0.3 is 6.03 Å². The number of carbonyl (C=O) groups is 2. The highest BCUT2D eigenvalue weighted by Gasteiger charge is 2.52. The predicted octanol–water partition coefficient (Wildman–Crippen LogP) is 1.37. The first-order chi connectivity index (χ1) is 9.52. The van der Waals surface area contributed by atoms with Gasteiger partial charge in [0.05, 0.1) is 6.54 Å². The first-order valence-corrected chi connectivity index (χ1v) is 7.10. The molecular weight excluding hydrogens is 329 g/mol. The summed E-state index contributed by atoms with van der Waals surface area (Å²) in [5.41, 5.74) is -0.256. The van der Waals surface area contributed by atoms with Gasteiger partial charge in [-0.1, -0.05) is 15.9 Å². The lowest BCUT2D eigenvalue weighted by Gasteiger charge is -2.19. The van der Waals surface area contributed by atoms with Crippen molar-refractivity contribution in [2.75, 3.05) is 13.1 Å². The monoisotopic (exact) mass is 341 g/mol. The van der Waals surface area contributed by atoms with Gasteiger partial charge in [-0.2, -0.15) is 0 Å². The average Bonchev–Trinajstić information content (AvgIpc) is 2.96. The third-order valence-electron chi connectivity index (χ3n) is 3.74. The van der Waals surface area contributed by atoms with Crippen molar-refractivity contribution in [3.63, 3.8) is 0 Å². The number of urea groups is 1. The predicted molar refractivity (Wildman–Crippen MR) is 73.4 cm³/mol. The number of nitrogens with zero attached hydrogens (tertiary/aromatic N) is 1. The van der Waals surface area contributed by atoms with Crippen LogP contribution in [0.15, 0.2) is 22.7 Å². The topological polar surface area (TPSA) is 61.4 Å². The molecule has 0 aromatic heterocycles. The molecule has 5 nitrogen and oxygen atoms in total. The van der Waals surface area contributed by atoms with Gasteiger partial charge in [0, 0.05) is 11.0 Å². The Hall–Kier alpha value is -1.47. The number of rotatable bonds is 2. The molecule has 2 fully saturated rings. The van der Waals surface area contributed by atoms with Crippen LogP contribution in [-0.4, -0.2) is 35.5 Å². The van der Waals surface area contributed by atoms with E-state index in [1.54, 1.807) is 6.07 Å². The zero-order valence-corrected chi connectivity index (χ0v) is 12.2. The Bertz CT molecular complexity index is 587. The number of benzene rings is 1. The molecule has 2 N–H and O–H groups in total. The zero-order valence-electron chi connectivity index (χ0n) is 10.6. The van der Waals surface area contributed by atoms with Gasteiger partial charge in [0.2, 0.25) is 0 Å². The van der Waals surface area contributed by atoms with E-state index >= 15 is 0 Å². The summed E-state index contributed by atoms with van der Waals surface area (Å²) in [6.07, 6.45) is 0.582. The summed E-state index contributed by atoms with van der Waals surface area (Å²) in [4.78, 5) is 25.6. The van der Waals surface area contributed by atoms with E-state index in [2.05, 4.69) is 26.6 Å². The highest BCUT2D eigenvalue weighted by Crippen LogP contribution is 2.27. The van der Waals surface area contributed by atoms with Crippen molar-refractivity contribution in [1.82, 2.24) is 15.5 Å². The van der Waals surface area contributed by atoms with Crippen LogP contribution >= 0.6 is 15.9 Å². The zero-order chi connectivity index (χ0) is 14.3. The lowest BCUT2D eigenvalue weighted by Crippen LogP contribution is -2.48. The summed E-state index contributed by atoms with van der Waals surface area (Å²) in [5.74, 6) is -0.642. The number of carbonyl (C=O) groups excluding carboxylic acids is 2. The van der Waals surface area contributed by atoms with E-state index in [0.717, 1.165) is 4.90 Å². The summed E-state index contributed by atoms with van der Waals surface area (Å²) in [7, 11) is 0. The van der Waals surface area contributed by atoms with Crippen molar-refractivity contribution in [3.05, 3.63) is 34.1 Å². The van der Waals surface area contributed by atoms with Gasteiger partial charge in [-0.05, 0) is 36.7 Å². The quantitative estimate of drug-likeness (QED) is 0.799. The molecule has 1 aromatic rings. The molecule has 1 spiro atoms. The van der Waals surface area contributed by atoms with Crippen LogP contribution in [0.1, 0.15) is 12.0 Å². The second-order valence-corrected chi connectivity index (χ2v) is 5.92. The van der Waals surface area contributed by atoms with Crippen LogP contribution in [0.3, 0.4) is 0 Å². The standard InChI is InChI=1S/C13H13BrFN3O2/c14-10-2-1-9(15)5-8(10)6-18-11(19)13(17-12(18)20)3-4-16-7-13/h1-2,5,16H,3-4,6-7H2,(H,17,20). The molecule has 2 aliphatic rings. The molecule has 0 aliphatic carbocycles. The highest BCUT2D eigenvalue weighted by molar-refractivity contribution is 9.10. The van der Waals surface area contributed by atoms with Gasteiger partial charge in [0.15, 0.2) is 0 Å². The lowest BCUT2D eigenvalue weighted by molar-refractivity contribution is -0.131. The molecule has 1 unspecified atom stereocenters. The van der Waals surface area contributed by atoms with Gasteiger partial charge < -0.3 is 10.6 Å². The van der Waals surface area contributed by atoms with Gasteiger partial charge in [-0.3, -0.25) is 9.69 Å². The Kier molecular flexibility index (Phi) is 3.25. The summed E-state index contributed by atoms with van der Waals surface area (Å²) in [6.45, 7) is 1.20. The number of nitrogens with one attached hydrogen (secondary N) is 2. The average molecular weight is 342 g/mol. The van der Waals surface area contributed by atoms with Crippen molar-refractivity contribution in [2.45, 2.75) is 18.5 Å². The van der Waals surface area contributed by atoms with E-state index in [-0.39, 0.29) is 12.5 Å². The van der Waals surface area contributed by atoms with E-state index < -0.39 is 17.4 Å². The minimum Gasteiger partial charge on any atom is -0.322 e. The third-order valence-corrected chi connectivity index (χ3v) is 4.51. The summed E-state index contributed by atoms with van der Waals surface area (Å²) >= 11 is 3.30. The molecule has 2 saturated heterocycles. The van der Waals surface area contributed by atoms with E-state index in [9.17, 15) is 14.0 Å². The molecule has 1 aromatic carbocycles. The first-order valence-electron chi connectivity index (χ1n) is 6.31. The number of halogens is 2. The van der Waals surface area contributed by atoms with Crippen LogP contribution in [0.4, 0.5) is 9.18 Å². The molecule has 0 bridgehead atoms. The Morgan fingerprint density at radius 2 is 2.20 bits per heavy atom. The Morgan fingerprint density at radius 3 is 2.90 bits per heavy atom. The number of hydrogen-bond donors (Lipinski definition) is 2. The van der Waals surface area contributed by atoms with E-state index in [1.165, 1.54) is 12.1 Å². The normalized spacial score (nSPS) is 25.6. The maximum atomic E-state index is 13.3. The maximum Gasteiger partial charge on any atom is 0.325 e. The van der Waals surface area contributed by atoms with Crippen LogP contribution in [0.2, 0.25) is 0 Å². The SMILES string of the molecule is O=C1NC2(CCNC2)C(=O)N1Cc1cc(F)ccc1Br. The van der Waals surface area contributed by atoms with Crippen LogP contribution in [0.25, 0.3) is 0 Å². The molecule has 7 heteroatoms. The summed E-state index contributed by atoms with van der Waals surface area (Å²) < 4.78 is 13.9. The van der Waals surface area contributed by atoms with E-state index in [1.807, 2.05) is 0 Å². The van der Waals surface area contributed by atoms with Gasteiger partial charge in [-0.15, -0.1) is 0 Å². The van der Waals surface area contributed by atoms with E-state index in [4.69, 9.17) is 0 Å². The summed E-state index contributed by atoms with van der Waals surface area (Å²) in [6, 6.07) is 3.79. The molecule has 106 valence electrons. The number of hydrogen-bond acceptors (Lipinski definition) is 3. The van der Waals surface area contributed by atoms with Gasteiger partial charge in [-0.25, -0.2) is 9.18 Å². The smallest absolute Gasteiger partial charge is 0.322 e. The molecule has 1 atom stereocenters. The fourth-order valence-corrected chi connectivity index (χ4v) is 3.01. The fraction of sp³-hybridized carbons (Fsp3) is 0.385. The van der Waals surface area contributed by atoms with Gasteiger partial charge in [0.1, 0.15) is 11.4 Å². The number of amides is 3. The van der Waals surface area contributed by atoms with Crippen molar-refractivity contribution >= 4 is 27.9 Å². The Labute approximate surface area is 123 Å². The van der Waals surface area contributed by atoms with Crippen LogP contribution < -0.4 is 10.6 Å². The fourth-order valence-electron chi connectivity index (χ4n) is 2.64. The third kappa shape index (κ3) is 2.10.